The van der Waals surface area contributed by atoms with Crippen LogP contribution < -0.4 is 0 Å². The summed E-state index contributed by atoms with van der Waals surface area (Å²) in [5.74, 6) is 0.0842. The molecular formula is C14H11ClN2O3. The maximum atomic E-state index is 10.8. The van der Waals surface area contributed by atoms with Gasteiger partial charge in [-0.25, -0.2) is 0 Å². The second-order valence-electron chi connectivity index (χ2n) is 4.19. The van der Waals surface area contributed by atoms with Crippen LogP contribution in [-0.2, 0) is 0 Å². The minimum absolute atomic E-state index is 0.0270. The monoisotopic (exact) mass is 290 g/mol. The van der Waals surface area contributed by atoms with Gasteiger partial charge in [-0.2, -0.15) is 0 Å². The van der Waals surface area contributed by atoms with E-state index in [-0.39, 0.29) is 22.1 Å². The molecule has 0 aromatic heterocycles. The van der Waals surface area contributed by atoms with Crippen molar-refractivity contribution in [2.45, 2.75) is 6.92 Å². The van der Waals surface area contributed by atoms with E-state index >= 15 is 0 Å². The van der Waals surface area contributed by atoms with Crippen molar-refractivity contribution in [3.8, 4) is 5.75 Å². The Morgan fingerprint density at radius 2 is 2.10 bits per heavy atom. The first-order valence-electron chi connectivity index (χ1n) is 5.75. The first-order valence-corrected chi connectivity index (χ1v) is 6.13. The number of nitro groups is 1. The lowest BCUT2D eigenvalue weighted by Crippen LogP contribution is -1.89. The van der Waals surface area contributed by atoms with Gasteiger partial charge in [-0.05, 0) is 25.1 Å². The van der Waals surface area contributed by atoms with Crippen molar-refractivity contribution in [3.63, 3.8) is 0 Å². The largest absolute Gasteiger partial charge is 0.507 e. The number of benzene rings is 2. The Morgan fingerprint density at radius 3 is 2.80 bits per heavy atom. The Kier molecular flexibility index (Phi) is 4.00. The molecule has 5 nitrogen and oxygen atoms in total. The van der Waals surface area contributed by atoms with Gasteiger partial charge >= 0.3 is 0 Å². The molecule has 0 unspecified atom stereocenters. The number of nitrogens with zero attached hydrogens (tertiary/aromatic N) is 2. The summed E-state index contributed by atoms with van der Waals surface area (Å²) < 4.78 is 0. The van der Waals surface area contributed by atoms with Crippen molar-refractivity contribution in [1.82, 2.24) is 0 Å². The molecule has 2 rings (SSSR count). The van der Waals surface area contributed by atoms with Gasteiger partial charge in [0.05, 0.1) is 10.6 Å². The Bertz CT molecular complexity index is 699. The number of hydrogen-bond acceptors (Lipinski definition) is 4. The van der Waals surface area contributed by atoms with Crippen LogP contribution >= 0.6 is 11.6 Å². The van der Waals surface area contributed by atoms with E-state index in [1.165, 1.54) is 18.3 Å². The topological polar surface area (TPSA) is 75.7 Å². The van der Waals surface area contributed by atoms with Crippen LogP contribution in [0.25, 0.3) is 0 Å². The van der Waals surface area contributed by atoms with Gasteiger partial charge in [0, 0.05) is 17.8 Å². The van der Waals surface area contributed by atoms with Crippen molar-refractivity contribution in [1.29, 1.82) is 0 Å². The smallest absolute Gasteiger partial charge is 0.290 e. The van der Waals surface area contributed by atoms with E-state index in [4.69, 9.17) is 11.6 Å². The number of phenolic OH excluding ortho intramolecular Hbond substituents is 1. The number of halogens is 1. The number of aliphatic imine (C=N–C) groups is 1. The van der Waals surface area contributed by atoms with Gasteiger partial charge in [-0.1, -0.05) is 29.3 Å². The van der Waals surface area contributed by atoms with Gasteiger partial charge in [0.25, 0.3) is 5.69 Å². The lowest BCUT2D eigenvalue weighted by molar-refractivity contribution is -0.384. The molecule has 0 radical (unpaired) electrons. The van der Waals surface area contributed by atoms with Crippen LogP contribution in [0.5, 0.6) is 5.75 Å². The maximum Gasteiger partial charge on any atom is 0.290 e. The molecule has 0 bridgehead atoms. The Labute approximate surface area is 120 Å². The summed E-state index contributed by atoms with van der Waals surface area (Å²) >= 11 is 5.92. The summed E-state index contributed by atoms with van der Waals surface area (Å²) in [5.41, 5.74) is 1.57. The molecule has 20 heavy (non-hydrogen) atoms. The molecule has 2 aromatic carbocycles. The standard InChI is InChI=1S/C14H11ClN2O3/c1-9-5-6-13(18)10(7-9)8-16-11-3-2-4-12(14(11)15)17(19)20/h2-8,18H,1H3. The zero-order chi connectivity index (χ0) is 14.7. The fourth-order valence-corrected chi connectivity index (χ4v) is 1.91. The van der Waals surface area contributed by atoms with Crippen LogP contribution in [0.4, 0.5) is 11.4 Å². The van der Waals surface area contributed by atoms with Crippen LogP contribution in [0, 0.1) is 17.0 Å². The van der Waals surface area contributed by atoms with Crippen LogP contribution in [0.1, 0.15) is 11.1 Å². The van der Waals surface area contributed by atoms with E-state index in [0.717, 1.165) is 5.56 Å². The van der Waals surface area contributed by atoms with Gasteiger partial charge in [-0.15, -0.1) is 0 Å². The van der Waals surface area contributed by atoms with Gasteiger partial charge < -0.3 is 5.11 Å². The van der Waals surface area contributed by atoms with E-state index in [1.54, 1.807) is 24.3 Å². The molecule has 0 fully saturated rings. The molecule has 0 spiro atoms. The molecule has 0 aliphatic rings. The van der Waals surface area contributed by atoms with Crippen molar-refractivity contribution >= 4 is 29.2 Å². The Balaban J connectivity index is 2.39. The Hall–Kier alpha value is -2.40. The third-order valence-corrected chi connectivity index (χ3v) is 3.07. The summed E-state index contributed by atoms with van der Waals surface area (Å²) in [5, 5.41) is 20.4. The van der Waals surface area contributed by atoms with Gasteiger partial charge in [0.2, 0.25) is 0 Å². The highest BCUT2D eigenvalue weighted by Gasteiger charge is 2.14. The molecule has 1 N–H and O–H groups in total. The average Bonchev–Trinajstić information content (AvgIpc) is 2.41. The van der Waals surface area contributed by atoms with Crippen molar-refractivity contribution in [3.05, 3.63) is 62.7 Å². The van der Waals surface area contributed by atoms with E-state index in [0.29, 0.717) is 5.56 Å². The number of aromatic hydroxyl groups is 1. The summed E-state index contributed by atoms with van der Waals surface area (Å²) in [6.07, 6.45) is 1.42. The summed E-state index contributed by atoms with van der Waals surface area (Å²) in [4.78, 5) is 14.3. The highest BCUT2D eigenvalue weighted by atomic mass is 35.5. The predicted molar refractivity (Wildman–Crippen MR) is 78.2 cm³/mol. The molecular weight excluding hydrogens is 280 g/mol. The molecule has 0 aliphatic heterocycles. The molecule has 102 valence electrons. The summed E-state index contributed by atoms with van der Waals surface area (Å²) in [7, 11) is 0. The molecule has 0 saturated heterocycles. The van der Waals surface area contributed by atoms with E-state index in [2.05, 4.69) is 4.99 Å². The zero-order valence-corrected chi connectivity index (χ0v) is 11.3. The van der Waals surface area contributed by atoms with Crippen molar-refractivity contribution in [2.24, 2.45) is 4.99 Å². The Morgan fingerprint density at radius 1 is 1.35 bits per heavy atom. The van der Waals surface area contributed by atoms with E-state index in [1.807, 2.05) is 6.92 Å². The molecule has 2 aromatic rings. The number of nitro benzene ring substituents is 1. The lowest BCUT2D eigenvalue weighted by atomic mass is 10.1. The van der Waals surface area contributed by atoms with Crippen LogP contribution in [0.3, 0.4) is 0 Å². The third-order valence-electron chi connectivity index (χ3n) is 2.68. The lowest BCUT2D eigenvalue weighted by Gasteiger charge is -2.01. The minimum atomic E-state index is -0.564. The number of hydrogen-bond donors (Lipinski definition) is 1. The number of aryl methyl sites for hydroxylation is 1. The quantitative estimate of drug-likeness (QED) is 0.527. The normalized spacial score (nSPS) is 10.9. The second-order valence-corrected chi connectivity index (χ2v) is 4.57. The van der Waals surface area contributed by atoms with Crippen LogP contribution in [-0.4, -0.2) is 16.2 Å². The SMILES string of the molecule is Cc1ccc(O)c(C=Nc2cccc([N+](=O)[O-])c2Cl)c1. The molecule has 0 aliphatic carbocycles. The number of phenols is 1. The molecule has 0 atom stereocenters. The molecule has 6 heteroatoms. The fraction of sp³-hybridized carbons (Fsp3) is 0.0714. The van der Waals surface area contributed by atoms with Crippen molar-refractivity contribution in [2.75, 3.05) is 0 Å². The molecule has 0 saturated carbocycles. The van der Waals surface area contributed by atoms with Gasteiger partial charge in [0.15, 0.2) is 0 Å². The van der Waals surface area contributed by atoms with Crippen molar-refractivity contribution < 1.29 is 10.0 Å². The third kappa shape index (κ3) is 2.95. The van der Waals surface area contributed by atoms with Gasteiger partial charge in [0.1, 0.15) is 10.8 Å². The average molecular weight is 291 g/mol. The number of rotatable bonds is 3. The molecule has 0 amide bonds. The van der Waals surface area contributed by atoms with Crippen LogP contribution in [0.15, 0.2) is 41.4 Å². The predicted octanol–water partition coefficient (Wildman–Crippen LogP) is 4.01. The fourth-order valence-electron chi connectivity index (χ4n) is 1.67. The second kappa shape index (κ2) is 5.71. The van der Waals surface area contributed by atoms with E-state index in [9.17, 15) is 15.2 Å². The first kappa shape index (κ1) is 14.0. The summed E-state index contributed by atoms with van der Waals surface area (Å²) in [6.45, 7) is 1.89. The highest BCUT2D eigenvalue weighted by Crippen LogP contribution is 2.33. The first-order chi connectivity index (χ1) is 9.49. The zero-order valence-electron chi connectivity index (χ0n) is 10.6. The van der Waals surface area contributed by atoms with Gasteiger partial charge in [-0.3, -0.25) is 15.1 Å². The molecule has 0 heterocycles. The highest BCUT2D eigenvalue weighted by molar-refractivity contribution is 6.35. The maximum absolute atomic E-state index is 10.8. The van der Waals surface area contributed by atoms with E-state index < -0.39 is 4.92 Å². The summed E-state index contributed by atoms with van der Waals surface area (Å²) in [6, 6.07) is 9.47. The minimum Gasteiger partial charge on any atom is -0.507 e. The van der Waals surface area contributed by atoms with Crippen LogP contribution in [0.2, 0.25) is 5.02 Å².